The Morgan fingerprint density at radius 1 is 1.00 bits per heavy atom. The molecule has 1 heterocycles. The van der Waals surface area contributed by atoms with Gasteiger partial charge in [0, 0.05) is 12.2 Å². The van der Waals surface area contributed by atoms with Gasteiger partial charge in [-0.05, 0) is 42.0 Å². The minimum absolute atomic E-state index is 0.00241. The van der Waals surface area contributed by atoms with Crippen molar-refractivity contribution in [2.24, 2.45) is 0 Å². The number of carbonyl (C=O) groups is 1. The van der Waals surface area contributed by atoms with E-state index in [9.17, 15) is 4.79 Å². The highest BCUT2D eigenvalue weighted by Crippen LogP contribution is 2.28. The van der Waals surface area contributed by atoms with Crippen LogP contribution in [0.5, 0.6) is 0 Å². The third kappa shape index (κ3) is 3.55. The highest BCUT2D eigenvalue weighted by molar-refractivity contribution is 5.92. The monoisotopic (exact) mass is 308 g/mol. The van der Waals surface area contributed by atoms with Crippen molar-refractivity contribution in [2.45, 2.75) is 39.2 Å². The maximum atomic E-state index is 12.7. The number of anilines is 1. The van der Waals surface area contributed by atoms with Gasteiger partial charge in [-0.3, -0.25) is 4.90 Å². The highest BCUT2D eigenvalue weighted by atomic mass is 16.2. The summed E-state index contributed by atoms with van der Waals surface area (Å²) in [5, 5.41) is 3.06. The summed E-state index contributed by atoms with van der Waals surface area (Å²) in [5.74, 6) is 0. The normalized spacial score (nSPS) is 13.5. The lowest BCUT2D eigenvalue weighted by Crippen LogP contribution is -2.41. The number of amides is 2. The van der Waals surface area contributed by atoms with E-state index in [1.807, 2.05) is 11.0 Å². The van der Waals surface area contributed by atoms with E-state index in [2.05, 4.69) is 54.7 Å². The van der Waals surface area contributed by atoms with E-state index >= 15 is 0 Å². The van der Waals surface area contributed by atoms with Gasteiger partial charge in [-0.25, -0.2) is 4.79 Å². The number of unbranched alkanes of at least 4 members (excludes halogenated alkanes) is 1. The number of hydrogen-bond donors (Lipinski definition) is 1. The van der Waals surface area contributed by atoms with Gasteiger partial charge < -0.3 is 5.32 Å². The molecule has 0 saturated heterocycles. The van der Waals surface area contributed by atoms with Crippen LogP contribution in [0.3, 0.4) is 0 Å². The summed E-state index contributed by atoms with van der Waals surface area (Å²) in [6.45, 7) is 3.49. The largest absolute Gasteiger partial charge is 0.338 e. The molecule has 1 N–H and O–H groups in total. The van der Waals surface area contributed by atoms with E-state index in [1.54, 1.807) is 0 Å². The van der Waals surface area contributed by atoms with Crippen molar-refractivity contribution < 1.29 is 4.79 Å². The van der Waals surface area contributed by atoms with Gasteiger partial charge in [0.05, 0.1) is 6.54 Å². The van der Waals surface area contributed by atoms with Gasteiger partial charge in [-0.15, -0.1) is 0 Å². The van der Waals surface area contributed by atoms with E-state index in [0.717, 1.165) is 37.9 Å². The average molecular weight is 308 g/mol. The first-order chi connectivity index (χ1) is 11.3. The van der Waals surface area contributed by atoms with Crippen LogP contribution >= 0.6 is 0 Å². The van der Waals surface area contributed by atoms with Crippen LogP contribution in [0.1, 0.15) is 36.5 Å². The molecule has 0 saturated carbocycles. The molecule has 0 unspecified atom stereocenters. The molecule has 1 aliphatic heterocycles. The van der Waals surface area contributed by atoms with E-state index in [4.69, 9.17) is 0 Å². The average Bonchev–Trinajstić information content (AvgIpc) is 2.57. The second-order valence-electron chi connectivity index (χ2n) is 6.07. The molecule has 0 bridgehead atoms. The number of carbonyl (C=O) groups excluding carboxylic acids is 1. The Morgan fingerprint density at radius 2 is 1.65 bits per heavy atom. The number of urea groups is 1. The van der Waals surface area contributed by atoms with Crippen LogP contribution in [0.4, 0.5) is 10.5 Å². The van der Waals surface area contributed by atoms with Crippen LogP contribution in [0.15, 0.2) is 48.5 Å². The molecule has 3 heteroatoms. The fourth-order valence-electron chi connectivity index (χ4n) is 3.11. The lowest BCUT2D eigenvalue weighted by Gasteiger charge is -2.29. The Hall–Kier alpha value is -2.29. The molecule has 2 aromatic carbocycles. The zero-order chi connectivity index (χ0) is 16.1. The zero-order valence-electron chi connectivity index (χ0n) is 13.7. The molecular formula is C20H24N2O. The van der Waals surface area contributed by atoms with Gasteiger partial charge in [0.1, 0.15) is 0 Å². The summed E-state index contributed by atoms with van der Waals surface area (Å²) in [6.07, 6.45) is 4.09. The molecule has 120 valence electrons. The number of fused-ring (bicyclic) bond motifs is 2. The summed E-state index contributed by atoms with van der Waals surface area (Å²) in [7, 11) is 0. The Bertz CT molecular complexity index is 681. The molecule has 0 atom stereocenters. The predicted octanol–water partition coefficient (Wildman–Crippen LogP) is 4.30. The summed E-state index contributed by atoms with van der Waals surface area (Å²) in [4.78, 5) is 14.6. The number of aryl methyl sites for hydroxylation is 2. The molecule has 0 aromatic heterocycles. The molecule has 1 aliphatic rings. The molecule has 23 heavy (non-hydrogen) atoms. The summed E-state index contributed by atoms with van der Waals surface area (Å²) < 4.78 is 0. The Balaban J connectivity index is 1.92. The molecule has 2 aromatic rings. The van der Waals surface area contributed by atoms with Crippen LogP contribution in [0, 0.1) is 0 Å². The molecule has 3 rings (SSSR count). The van der Waals surface area contributed by atoms with E-state index in [0.29, 0.717) is 6.54 Å². The summed E-state index contributed by atoms with van der Waals surface area (Å²) >= 11 is 0. The predicted molar refractivity (Wildman–Crippen MR) is 94.8 cm³/mol. The third-order valence-electron chi connectivity index (χ3n) is 4.44. The molecule has 2 amide bonds. The SMILES string of the molecule is CCCCNC(=O)N1Cc2ccccc2CCc2ccccc21. The molecule has 0 spiro atoms. The van der Waals surface area contributed by atoms with Crippen LogP contribution in [0.2, 0.25) is 0 Å². The fourth-order valence-corrected chi connectivity index (χ4v) is 3.11. The lowest BCUT2D eigenvalue weighted by atomic mass is 9.95. The van der Waals surface area contributed by atoms with Gasteiger partial charge in [-0.1, -0.05) is 55.8 Å². The van der Waals surface area contributed by atoms with Gasteiger partial charge >= 0.3 is 6.03 Å². The first kappa shape index (κ1) is 15.6. The summed E-state index contributed by atoms with van der Waals surface area (Å²) in [6, 6.07) is 16.7. The molecule has 3 nitrogen and oxygen atoms in total. The topological polar surface area (TPSA) is 32.3 Å². The number of nitrogens with zero attached hydrogens (tertiary/aromatic N) is 1. The minimum atomic E-state index is 0.00241. The highest BCUT2D eigenvalue weighted by Gasteiger charge is 2.21. The van der Waals surface area contributed by atoms with E-state index < -0.39 is 0 Å². The van der Waals surface area contributed by atoms with Crippen molar-refractivity contribution in [2.75, 3.05) is 11.4 Å². The number of para-hydroxylation sites is 1. The Kier molecular flexibility index (Phi) is 4.96. The van der Waals surface area contributed by atoms with Crippen molar-refractivity contribution in [3.63, 3.8) is 0 Å². The fraction of sp³-hybridized carbons (Fsp3) is 0.350. The number of rotatable bonds is 3. The maximum absolute atomic E-state index is 12.7. The maximum Gasteiger partial charge on any atom is 0.322 e. The van der Waals surface area contributed by atoms with Crippen LogP contribution in [0.25, 0.3) is 0 Å². The quantitative estimate of drug-likeness (QED) is 0.842. The first-order valence-electron chi connectivity index (χ1n) is 8.49. The molecule has 0 fully saturated rings. The Morgan fingerprint density at radius 3 is 2.43 bits per heavy atom. The van der Waals surface area contributed by atoms with Crippen LogP contribution < -0.4 is 10.2 Å². The van der Waals surface area contributed by atoms with Crippen LogP contribution in [-0.4, -0.2) is 12.6 Å². The minimum Gasteiger partial charge on any atom is -0.338 e. The zero-order valence-corrected chi connectivity index (χ0v) is 13.7. The Labute approximate surface area is 138 Å². The molecular weight excluding hydrogens is 284 g/mol. The van der Waals surface area contributed by atoms with E-state index in [1.165, 1.54) is 16.7 Å². The second-order valence-corrected chi connectivity index (χ2v) is 6.07. The number of benzene rings is 2. The number of hydrogen-bond acceptors (Lipinski definition) is 1. The smallest absolute Gasteiger partial charge is 0.322 e. The molecule has 0 aliphatic carbocycles. The third-order valence-corrected chi connectivity index (χ3v) is 4.44. The van der Waals surface area contributed by atoms with Crippen molar-refractivity contribution in [1.29, 1.82) is 0 Å². The van der Waals surface area contributed by atoms with Gasteiger partial charge in [0.15, 0.2) is 0 Å². The van der Waals surface area contributed by atoms with Crippen molar-refractivity contribution in [3.05, 3.63) is 65.2 Å². The van der Waals surface area contributed by atoms with Crippen molar-refractivity contribution in [3.8, 4) is 0 Å². The molecule has 0 radical (unpaired) electrons. The van der Waals surface area contributed by atoms with Crippen molar-refractivity contribution in [1.82, 2.24) is 5.32 Å². The van der Waals surface area contributed by atoms with Gasteiger partial charge in [-0.2, -0.15) is 0 Å². The lowest BCUT2D eigenvalue weighted by molar-refractivity contribution is 0.245. The van der Waals surface area contributed by atoms with Crippen LogP contribution in [-0.2, 0) is 19.4 Å². The van der Waals surface area contributed by atoms with E-state index in [-0.39, 0.29) is 6.03 Å². The first-order valence-corrected chi connectivity index (χ1v) is 8.49. The van der Waals surface area contributed by atoms with Gasteiger partial charge in [0.2, 0.25) is 0 Å². The second kappa shape index (κ2) is 7.32. The summed E-state index contributed by atoms with van der Waals surface area (Å²) in [5.41, 5.74) is 4.87. The van der Waals surface area contributed by atoms with Crippen molar-refractivity contribution >= 4 is 11.7 Å². The standard InChI is InChI=1S/C20H24N2O/c1-2-3-14-21-20(23)22-15-18-10-5-4-8-16(18)12-13-17-9-6-7-11-19(17)22/h4-11H,2-3,12-15H2,1H3,(H,21,23). The number of nitrogens with one attached hydrogen (secondary N) is 1. The van der Waals surface area contributed by atoms with Gasteiger partial charge in [0.25, 0.3) is 0 Å².